The zero-order valence-corrected chi connectivity index (χ0v) is 10.9. The van der Waals surface area contributed by atoms with Crippen molar-refractivity contribution in [3.05, 3.63) is 40.0 Å². The molecule has 2 aromatic rings. The van der Waals surface area contributed by atoms with Gasteiger partial charge in [-0.15, -0.1) is 0 Å². The van der Waals surface area contributed by atoms with Crippen LogP contribution in [0.3, 0.4) is 0 Å². The minimum atomic E-state index is -0.660. The summed E-state index contributed by atoms with van der Waals surface area (Å²) in [4.78, 5) is 7.21. The molecule has 0 fully saturated rings. The molecule has 0 atom stereocenters. The van der Waals surface area contributed by atoms with Crippen LogP contribution in [0.2, 0.25) is 0 Å². The first-order chi connectivity index (χ1) is 8.47. The Balaban J connectivity index is 2.40. The Morgan fingerprint density at radius 1 is 1.28 bits per heavy atom. The summed E-state index contributed by atoms with van der Waals surface area (Å²) in [5.41, 5.74) is 6.51. The summed E-state index contributed by atoms with van der Waals surface area (Å²) in [6, 6.07) is 2.83. The second-order valence-electron chi connectivity index (χ2n) is 3.63. The number of nitrogens with one attached hydrogen (secondary N) is 1. The van der Waals surface area contributed by atoms with Crippen molar-refractivity contribution in [3.63, 3.8) is 0 Å². The highest BCUT2D eigenvalue weighted by atomic mass is 79.9. The number of nitrogens with two attached hydrogens (primary N) is 1. The summed E-state index contributed by atoms with van der Waals surface area (Å²) in [7, 11) is 0. The molecule has 0 saturated carbocycles. The van der Waals surface area contributed by atoms with Crippen molar-refractivity contribution in [3.8, 4) is 0 Å². The molecule has 94 valence electrons. The third kappa shape index (κ3) is 2.56. The van der Waals surface area contributed by atoms with Crippen LogP contribution in [0.25, 0.3) is 0 Å². The van der Waals surface area contributed by atoms with Crippen LogP contribution in [0.4, 0.5) is 26.2 Å². The summed E-state index contributed by atoms with van der Waals surface area (Å²) < 4.78 is 27.2. The molecule has 0 amide bonds. The maximum Gasteiger partial charge on any atom is 0.222 e. The number of aryl methyl sites for hydroxylation is 1. The third-order valence-corrected chi connectivity index (χ3v) is 2.89. The molecule has 0 aliphatic heterocycles. The Bertz CT molecular complexity index is 604. The van der Waals surface area contributed by atoms with E-state index in [2.05, 4.69) is 31.2 Å². The predicted octanol–water partition coefficient (Wildman–Crippen LogP) is 3.15. The van der Waals surface area contributed by atoms with Gasteiger partial charge in [-0.25, -0.2) is 13.8 Å². The fraction of sp³-hybridized carbons (Fsp3) is 0.0909. The molecule has 0 bridgehead atoms. The number of hydrogen-bond acceptors (Lipinski definition) is 4. The van der Waals surface area contributed by atoms with E-state index in [1.165, 1.54) is 6.07 Å². The second-order valence-corrected chi connectivity index (χ2v) is 4.49. The lowest BCUT2D eigenvalue weighted by atomic mass is 10.2. The summed E-state index contributed by atoms with van der Waals surface area (Å²) >= 11 is 3.07. The van der Waals surface area contributed by atoms with Crippen LogP contribution in [0.1, 0.15) is 5.56 Å². The lowest BCUT2D eigenvalue weighted by molar-refractivity contribution is 0.617. The van der Waals surface area contributed by atoms with Gasteiger partial charge in [-0.3, -0.25) is 0 Å². The highest BCUT2D eigenvalue weighted by molar-refractivity contribution is 9.10. The number of anilines is 3. The maximum absolute atomic E-state index is 13.4. The highest BCUT2D eigenvalue weighted by Gasteiger charge is 2.10. The summed E-state index contributed by atoms with van der Waals surface area (Å²) in [6.07, 6.45) is 0.954. The quantitative estimate of drug-likeness (QED) is 0.893. The van der Waals surface area contributed by atoms with Gasteiger partial charge >= 0.3 is 0 Å². The lowest BCUT2D eigenvalue weighted by Gasteiger charge is -2.10. The average Bonchev–Trinajstić information content (AvgIpc) is 2.30. The molecule has 0 spiro atoms. The zero-order chi connectivity index (χ0) is 13.3. The largest absolute Gasteiger partial charge is 0.368 e. The van der Waals surface area contributed by atoms with Gasteiger partial charge in [0.25, 0.3) is 0 Å². The molecule has 7 heteroatoms. The number of hydrogen-bond donors (Lipinski definition) is 2. The smallest absolute Gasteiger partial charge is 0.222 e. The van der Waals surface area contributed by atoms with E-state index in [1.807, 2.05) is 0 Å². The van der Waals surface area contributed by atoms with Gasteiger partial charge in [0.2, 0.25) is 5.95 Å². The molecular weight excluding hydrogens is 306 g/mol. The third-order valence-electron chi connectivity index (χ3n) is 2.28. The van der Waals surface area contributed by atoms with Gasteiger partial charge in [-0.2, -0.15) is 4.98 Å². The first kappa shape index (κ1) is 12.7. The number of rotatable bonds is 2. The van der Waals surface area contributed by atoms with Crippen LogP contribution in [-0.4, -0.2) is 9.97 Å². The Morgan fingerprint density at radius 2 is 2.00 bits per heavy atom. The summed E-state index contributed by atoms with van der Waals surface area (Å²) in [5.74, 6) is -1.26. The minimum Gasteiger partial charge on any atom is -0.368 e. The monoisotopic (exact) mass is 314 g/mol. The van der Waals surface area contributed by atoms with Crippen molar-refractivity contribution in [1.29, 1.82) is 0 Å². The Morgan fingerprint density at radius 3 is 2.72 bits per heavy atom. The Labute approximate surface area is 110 Å². The lowest BCUT2D eigenvalue weighted by Crippen LogP contribution is -2.03. The maximum atomic E-state index is 13.4. The molecule has 0 aliphatic rings. The van der Waals surface area contributed by atoms with E-state index >= 15 is 0 Å². The number of nitrogen functional groups attached to an aromatic ring is 1. The van der Waals surface area contributed by atoms with Crippen LogP contribution in [0.15, 0.2) is 22.8 Å². The molecule has 18 heavy (non-hydrogen) atoms. The minimum absolute atomic E-state index is 0.0610. The van der Waals surface area contributed by atoms with Crippen molar-refractivity contribution in [2.75, 3.05) is 11.1 Å². The number of halogens is 3. The van der Waals surface area contributed by atoms with Crippen LogP contribution in [0, 0.1) is 18.6 Å². The predicted molar refractivity (Wildman–Crippen MR) is 68.5 cm³/mol. The van der Waals surface area contributed by atoms with Crippen molar-refractivity contribution >= 4 is 33.4 Å². The normalized spacial score (nSPS) is 10.4. The fourth-order valence-electron chi connectivity index (χ4n) is 1.38. The molecular formula is C11H9BrF2N4. The van der Waals surface area contributed by atoms with Crippen molar-refractivity contribution in [1.82, 2.24) is 9.97 Å². The molecule has 1 aromatic heterocycles. The van der Waals surface area contributed by atoms with Crippen LogP contribution in [0.5, 0.6) is 0 Å². The van der Waals surface area contributed by atoms with Crippen LogP contribution in [-0.2, 0) is 0 Å². The first-order valence-corrected chi connectivity index (χ1v) is 5.77. The van der Waals surface area contributed by atoms with Gasteiger partial charge in [0.1, 0.15) is 5.82 Å². The molecule has 3 N–H and O–H groups in total. The molecule has 2 rings (SSSR count). The topological polar surface area (TPSA) is 63.8 Å². The SMILES string of the molecule is Cc1cc(Br)c(F)cc1Nc1nc(N)ncc1F. The van der Waals surface area contributed by atoms with Gasteiger partial charge in [-0.1, -0.05) is 0 Å². The van der Waals surface area contributed by atoms with E-state index < -0.39 is 11.6 Å². The second kappa shape index (κ2) is 4.85. The fourth-order valence-corrected chi connectivity index (χ4v) is 1.83. The highest BCUT2D eigenvalue weighted by Crippen LogP contribution is 2.26. The van der Waals surface area contributed by atoms with E-state index in [0.717, 1.165) is 11.8 Å². The number of aromatic nitrogens is 2. The molecule has 0 unspecified atom stereocenters. The molecule has 0 radical (unpaired) electrons. The van der Waals surface area contributed by atoms with E-state index in [9.17, 15) is 8.78 Å². The summed E-state index contributed by atoms with van der Waals surface area (Å²) in [6.45, 7) is 1.76. The van der Waals surface area contributed by atoms with Crippen molar-refractivity contribution in [2.24, 2.45) is 0 Å². The molecule has 0 aliphatic carbocycles. The van der Waals surface area contributed by atoms with E-state index in [1.54, 1.807) is 13.0 Å². The van der Waals surface area contributed by atoms with Gasteiger partial charge in [-0.05, 0) is 40.5 Å². The van der Waals surface area contributed by atoms with E-state index in [-0.39, 0.29) is 11.8 Å². The van der Waals surface area contributed by atoms with Gasteiger partial charge in [0.05, 0.1) is 10.7 Å². The average molecular weight is 315 g/mol. The molecule has 4 nitrogen and oxygen atoms in total. The first-order valence-electron chi connectivity index (χ1n) is 4.98. The van der Waals surface area contributed by atoms with Gasteiger partial charge < -0.3 is 11.1 Å². The number of benzene rings is 1. The molecule has 0 saturated heterocycles. The zero-order valence-electron chi connectivity index (χ0n) is 9.34. The van der Waals surface area contributed by atoms with Crippen molar-refractivity contribution in [2.45, 2.75) is 6.92 Å². The van der Waals surface area contributed by atoms with Gasteiger partial charge in [0.15, 0.2) is 11.6 Å². The molecule has 1 heterocycles. The van der Waals surface area contributed by atoms with Crippen LogP contribution >= 0.6 is 15.9 Å². The Hall–Kier alpha value is -1.76. The van der Waals surface area contributed by atoms with Crippen molar-refractivity contribution < 1.29 is 8.78 Å². The standard InChI is InChI=1S/C11H9BrF2N4/c1-5-2-6(12)7(13)3-9(5)17-10-8(14)4-16-11(15)18-10/h2-4H,1H3,(H3,15,16,17,18). The van der Waals surface area contributed by atoms with E-state index in [4.69, 9.17) is 5.73 Å². The molecule has 1 aromatic carbocycles. The van der Waals surface area contributed by atoms with Crippen LogP contribution < -0.4 is 11.1 Å². The van der Waals surface area contributed by atoms with Gasteiger partial charge in [0, 0.05) is 5.69 Å². The summed E-state index contributed by atoms with van der Waals surface area (Å²) in [5, 5.41) is 2.68. The Kier molecular flexibility index (Phi) is 3.42. The number of nitrogens with zero attached hydrogens (tertiary/aromatic N) is 2. The van der Waals surface area contributed by atoms with E-state index in [0.29, 0.717) is 10.2 Å².